The number of hydrogen-bond donors (Lipinski definition) is 1. The normalized spacial score (nSPS) is 18.3. The first-order chi connectivity index (χ1) is 7.31. The van der Waals surface area contributed by atoms with Crippen LogP contribution in [0.3, 0.4) is 0 Å². The summed E-state index contributed by atoms with van der Waals surface area (Å²) in [5.74, 6) is 0.784. The molecule has 3 heteroatoms. The van der Waals surface area contributed by atoms with Crippen molar-refractivity contribution in [2.45, 2.75) is 51.4 Å². The van der Waals surface area contributed by atoms with Crippen LogP contribution >= 0.6 is 11.3 Å². The van der Waals surface area contributed by atoms with E-state index in [9.17, 15) is 0 Å². The van der Waals surface area contributed by atoms with Crippen molar-refractivity contribution in [2.24, 2.45) is 5.73 Å². The van der Waals surface area contributed by atoms with Gasteiger partial charge in [-0.1, -0.05) is 19.3 Å². The number of rotatable bonds is 3. The van der Waals surface area contributed by atoms with Gasteiger partial charge in [-0.05, 0) is 32.2 Å². The maximum absolute atomic E-state index is 5.63. The predicted molar refractivity (Wildman–Crippen MR) is 65.4 cm³/mol. The third-order valence-corrected chi connectivity index (χ3v) is 4.37. The molecule has 1 saturated carbocycles. The molecule has 0 aromatic carbocycles. The van der Waals surface area contributed by atoms with E-state index in [4.69, 9.17) is 5.73 Å². The molecule has 1 aromatic heterocycles. The summed E-state index contributed by atoms with van der Waals surface area (Å²) < 4.78 is 0. The number of nitrogens with zero attached hydrogens (tertiary/aromatic N) is 1. The minimum absolute atomic E-state index is 0.725. The third kappa shape index (κ3) is 2.58. The maximum Gasteiger partial charge on any atom is 0.0900 e. The van der Waals surface area contributed by atoms with Gasteiger partial charge in [0.1, 0.15) is 0 Å². The first-order valence-corrected chi connectivity index (χ1v) is 6.79. The van der Waals surface area contributed by atoms with E-state index in [-0.39, 0.29) is 0 Å². The molecule has 0 bridgehead atoms. The Balaban J connectivity index is 2.17. The van der Waals surface area contributed by atoms with Gasteiger partial charge in [0, 0.05) is 11.3 Å². The second-order valence-electron chi connectivity index (χ2n) is 4.42. The topological polar surface area (TPSA) is 38.9 Å². The molecule has 0 radical (unpaired) electrons. The average Bonchev–Trinajstić information content (AvgIpc) is 2.62. The Morgan fingerprint density at radius 3 is 2.73 bits per heavy atom. The molecule has 0 saturated heterocycles. The minimum Gasteiger partial charge on any atom is -0.330 e. The van der Waals surface area contributed by atoms with Crippen LogP contribution in [0.2, 0.25) is 0 Å². The van der Waals surface area contributed by atoms with Gasteiger partial charge in [-0.15, -0.1) is 11.3 Å². The molecule has 1 aliphatic rings. The van der Waals surface area contributed by atoms with E-state index in [1.165, 1.54) is 47.7 Å². The molecule has 0 amide bonds. The summed E-state index contributed by atoms with van der Waals surface area (Å²) in [5.41, 5.74) is 6.92. The number of thiazole rings is 1. The zero-order chi connectivity index (χ0) is 10.7. The van der Waals surface area contributed by atoms with Crippen LogP contribution in [0.1, 0.15) is 53.6 Å². The van der Waals surface area contributed by atoms with Crippen molar-refractivity contribution in [2.75, 3.05) is 6.54 Å². The maximum atomic E-state index is 5.63. The summed E-state index contributed by atoms with van der Waals surface area (Å²) in [7, 11) is 0. The van der Waals surface area contributed by atoms with Gasteiger partial charge >= 0.3 is 0 Å². The molecule has 1 fully saturated rings. The zero-order valence-corrected chi connectivity index (χ0v) is 10.3. The van der Waals surface area contributed by atoms with E-state index >= 15 is 0 Å². The highest BCUT2D eigenvalue weighted by Crippen LogP contribution is 2.37. The van der Waals surface area contributed by atoms with Crippen LogP contribution < -0.4 is 5.73 Å². The number of aromatic nitrogens is 1. The standard InChI is InChI=1S/C12H20N2S/c1-9-14-11(7-8-13)12(15-9)10-5-3-2-4-6-10/h10H,2-8,13H2,1H3. The monoisotopic (exact) mass is 224 g/mol. The molecule has 2 nitrogen and oxygen atoms in total. The fourth-order valence-electron chi connectivity index (χ4n) is 2.49. The minimum atomic E-state index is 0.725. The van der Waals surface area contributed by atoms with Gasteiger partial charge in [-0.25, -0.2) is 4.98 Å². The summed E-state index contributed by atoms with van der Waals surface area (Å²) in [6.45, 7) is 2.83. The van der Waals surface area contributed by atoms with Gasteiger partial charge in [-0.2, -0.15) is 0 Å². The number of aryl methyl sites for hydroxylation is 1. The average molecular weight is 224 g/mol. The first-order valence-electron chi connectivity index (χ1n) is 5.97. The fraction of sp³-hybridized carbons (Fsp3) is 0.750. The van der Waals surface area contributed by atoms with Crippen molar-refractivity contribution in [1.29, 1.82) is 0 Å². The second kappa shape index (κ2) is 5.08. The summed E-state index contributed by atoms with van der Waals surface area (Å²) in [5, 5.41) is 1.21. The van der Waals surface area contributed by atoms with Crippen LogP contribution in [0.5, 0.6) is 0 Å². The van der Waals surface area contributed by atoms with Crippen LogP contribution in [0, 0.1) is 6.92 Å². The van der Waals surface area contributed by atoms with Gasteiger partial charge in [0.25, 0.3) is 0 Å². The molecule has 2 rings (SSSR count). The molecule has 1 aliphatic carbocycles. The Hall–Kier alpha value is -0.410. The van der Waals surface area contributed by atoms with Crippen LogP contribution in [-0.4, -0.2) is 11.5 Å². The fourth-order valence-corrected chi connectivity index (χ4v) is 3.63. The van der Waals surface area contributed by atoms with Gasteiger partial charge in [-0.3, -0.25) is 0 Å². The van der Waals surface area contributed by atoms with Gasteiger partial charge in [0.2, 0.25) is 0 Å². The van der Waals surface area contributed by atoms with E-state index in [1.54, 1.807) is 0 Å². The molecular formula is C12H20N2S. The lowest BCUT2D eigenvalue weighted by atomic mass is 9.87. The van der Waals surface area contributed by atoms with E-state index in [2.05, 4.69) is 11.9 Å². The van der Waals surface area contributed by atoms with E-state index in [0.29, 0.717) is 0 Å². The third-order valence-electron chi connectivity index (χ3n) is 3.19. The Morgan fingerprint density at radius 2 is 2.07 bits per heavy atom. The van der Waals surface area contributed by atoms with Crippen molar-refractivity contribution >= 4 is 11.3 Å². The number of hydrogen-bond acceptors (Lipinski definition) is 3. The molecular weight excluding hydrogens is 204 g/mol. The summed E-state index contributed by atoms with van der Waals surface area (Å²) in [6, 6.07) is 0. The molecule has 2 N–H and O–H groups in total. The van der Waals surface area contributed by atoms with Crippen LogP contribution in [0.4, 0.5) is 0 Å². The highest BCUT2D eigenvalue weighted by Gasteiger charge is 2.21. The highest BCUT2D eigenvalue weighted by molar-refractivity contribution is 7.11. The summed E-state index contributed by atoms with van der Waals surface area (Å²) in [6.07, 6.45) is 7.88. The van der Waals surface area contributed by atoms with Crippen molar-refractivity contribution < 1.29 is 0 Å². The lowest BCUT2D eigenvalue weighted by Crippen LogP contribution is -2.09. The van der Waals surface area contributed by atoms with Gasteiger partial charge in [0.05, 0.1) is 10.7 Å². The molecule has 15 heavy (non-hydrogen) atoms. The Labute approximate surface area is 95.9 Å². The first kappa shape index (κ1) is 11.1. The molecule has 0 unspecified atom stereocenters. The SMILES string of the molecule is Cc1nc(CCN)c(C2CCCCC2)s1. The van der Waals surface area contributed by atoms with Crippen molar-refractivity contribution in [3.63, 3.8) is 0 Å². The number of nitrogens with two attached hydrogens (primary N) is 1. The van der Waals surface area contributed by atoms with Crippen LogP contribution in [0.25, 0.3) is 0 Å². The smallest absolute Gasteiger partial charge is 0.0900 e. The highest BCUT2D eigenvalue weighted by atomic mass is 32.1. The largest absolute Gasteiger partial charge is 0.330 e. The molecule has 1 heterocycles. The zero-order valence-electron chi connectivity index (χ0n) is 9.46. The van der Waals surface area contributed by atoms with Crippen molar-refractivity contribution in [3.8, 4) is 0 Å². The van der Waals surface area contributed by atoms with Crippen LogP contribution in [-0.2, 0) is 6.42 Å². The van der Waals surface area contributed by atoms with Gasteiger partial charge in [0.15, 0.2) is 0 Å². The summed E-state index contributed by atoms with van der Waals surface area (Å²) >= 11 is 1.89. The van der Waals surface area contributed by atoms with E-state index in [0.717, 1.165) is 18.9 Å². The molecule has 1 aromatic rings. The van der Waals surface area contributed by atoms with E-state index in [1.807, 2.05) is 11.3 Å². The molecule has 84 valence electrons. The quantitative estimate of drug-likeness (QED) is 0.857. The lowest BCUT2D eigenvalue weighted by molar-refractivity contribution is 0.446. The Kier molecular flexibility index (Phi) is 3.76. The Bertz CT molecular complexity index is 313. The predicted octanol–water partition coefficient (Wildman–Crippen LogP) is 3.00. The molecule has 0 aliphatic heterocycles. The molecule has 0 atom stereocenters. The van der Waals surface area contributed by atoms with Crippen LogP contribution in [0.15, 0.2) is 0 Å². The second-order valence-corrected chi connectivity index (χ2v) is 5.65. The van der Waals surface area contributed by atoms with Crippen molar-refractivity contribution in [1.82, 2.24) is 4.98 Å². The van der Waals surface area contributed by atoms with Gasteiger partial charge < -0.3 is 5.73 Å². The molecule has 0 spiro atoms. The Morgan fingerprint density at radius 1 is 1.33 bits per heavy atom. The van der Waals surface area contributed by atoms with Crippen molar-refractivity contribution in [3.05, 3.63) is 15.6 Å². The van der Waals surface area contributed by atoms with E-state index < -0.39 is 0 Å². The summed E-state index contributed by atoms with van der Waals surface area (Å²) in [4.78, 5) is 6.15. The lowest BCUT2D eigenvalue weighted by Gasteiger charge is -2.21.